The molecule has 0 aliphatic heterocycles. The number of hydrogen-bond donors (Lipinski definition) is 1. The Morgan fingerprint density at radius 3 is 2.84 bits per heavy atom. The number of nitrogens with zero attached hydrogens (tertiary/aromatic N) is 2. The van der Waals surface area contributed by atoms with Crippen molar-refractivity contribution in [3.05, 3.63) is 67.1 Å². The predicted molar refractivity (Wildman–Crippen MR) is 98.2 cm³/mol. The number of ether oxygens (including phenoxy) is 1. The molecule has 7 nitrogen and oxygen atoms in total. The Kier molecular flexibility index (Phi) is 6.49. The van der Waals surface area contributed by atoms with E-state index >= 15 is 0 Å². The minimum Gasteiger partial charge on any atom is -0.483 e. The van der Waals surface area contributed by atoms with Crippen LogP contribution in [0, 0.1) is 17.0 Å². The summed E-state index contributed by atoms with van der Waals surface area (Å²) in [4.78, 5) is 21.9. The molecule has 0 aliphatic rings. The lowest BCUT2D eigenvalue weighted by Crippen LogP contribution is -2.24. The van der Waals surface area contributed by atoms with E-state index < -0.39 is 10.8 Å². The summed E-state index contributed by atoms with van der Waals surface area (Å²) in [5, 5.41) is 14.8. The van der Waals surface area contributed by atoms with E-state index in [2.05, 4.69) is 26.5 Å². The summed E-state index contributed by atoms with van der Waals surface area (Å²) in [5.74, 6) is 0.115. The van der Waals surface area contributed by atoms with Crippen LogP contribution >= 0.6 is 27.5 Å². The molecular weight excluding hydrogens is 414 g/mol. The van der Waals surface area contributed by atoms with Crippen molar-refractivity contribution in [2.75, 3.05) is 6.61 Å². The highest BCUT2D eigenvalue weighted by Gasteiger charge is 2.09. The van der Waals surface area contributed by atoms with Gasteiger partial charge in [0.05, 0.1) is 11.1 Å². The monoisotopic (exact) mass is 425 g/mol. The maximum absolute atomic E-state index is 11.7. The summed E-state index contributed by atoms with van der Waals surface area (Å²) >= 11 is 9.28. The molecule has 0 radical (unpaired) electrons. The zero-order chi connectivity index (χ0) is 18.4. The Bertz CT molecular complexity index is 842. The molecule has 0 spiro atoms. The van der Waals surface area contributed by atoms with E-state index in [1.807, 2.05) is 19.1 Å². The van der Waals surface area contributed by atoms with Crippen molar-refractivity contribution >= 4 is 45.3 Å². The molecule has 2 aromatic rings. The second-order valence-electron chi connectivity index (χ2n) is 4.95. The highest BCUT2D eigenvalue weighted by atomic mass is 79.9. The third-order valence-corrected chi connectivity index (χ3v) is 3.92. The van der Waals surface area contributed by atoms with Gasteiger partial charge >= 0.3 is 0 Å². The number of non-ortho nitro benzene ring substituents is 1. The van der Waals surface area contributed by atoms with E-state index in [0.717, 1.165) is 10.0 Å². The summed E-state index contributed by atoms with van der Waals surface area (Å²) in [6.45, 7) is 1.64. The molecule has 0 heterocycles. The lowest BCUT2D eigenvalue weighted by atomic mass is 10.2. The molecule has 0 unspecified atom stereocenters. The van der Waals surface area contributed by atoms with E-state index in [0.29, 0.717) is 11.3 Å². The number of carbonyl (C=O) groups excluding carboxylic acids is 1. The van der Waals surface area contributed by atoms with Crippen LogP contribution in [0.25, 0.3) is 0 Å². The van der Waals surface area contributed by atoms with Gasteiger partial charge in [0, 0.05) is 27.2 Å². The van der Waals surface area contributed by atoms with Crippen molar-refractivity contribution in [1.29, 1.82) is 0 Å². The fraction of sp³-hybridized carbons (Fsp3) is 0.125. The second-order valence-corrected chi connectivity index (χ2v) is 6.28. The number of aryl methyl sites for hydroxylation is 1. The quantitative estimate of drug-likeness (QED) is 0.431. The van der Waals surface area contributed by atoms with Crippen molar-refractivity contribution in [2.45, 2.75) is 6.92 Å². The van der Waals surface area contributed by atoms with Gasteiger partial charge in [0.25, 0.3) is 11.6 Å². The molecule has 0 saturated carbocycles. The smallest absolute Gasteiger partial charge is 0.277 e. The average Bonchev–Trinajstić information content (AvgIpc) is 2.55. The van der Waals surface area contributed by atoms with Gasteiger partial charge in [0.1, 0.15) is 5.75 Å². The molecule has 2 rings (SSSR count). The van der Waals surface area contributed by atoms with Gasteiger partial charge in [-0.05, 0) is 36.8 Å². The topological polar surface area (TPSA) is 93.8 Å². The van der Waals surface area contributed by atoms with Crippen molar-refractivity contribution in [3.63, 3.8) is 0 Å². The normalized spacial score (nSPS) is 10.7. The number of nitro benzene ring substituents is 1. The van der Waals surface area contributed by atoms with Gasteiger partial charge in [-0.15, -0.1) is 0 Å². The molecule has 9 heteroatoms. The van der Waals surface area contributed by atoms with Gasteiger partial charge in [0.2, 0.25) is 0 Å². The van der Waals surface area contributed by atoms with Gasteiger partial charge < -0.3 is 4.74 Å². The van der Waals surface area contributed by atoms with Crippen LogP contribution in [-0.2, 0) is 4.79 Å². The first-order valence-electron chi connectivity index (χ1n) is 7.01. The Balaban J connectivity index is 1.92. The number of nitro groups is 1. The van der Waals surface area contributed by atoms with Crippen LogP contribution in [0.5, 0.6) is 5.75 Å². The minimum absolute atomic E-state index is 0.119. The van der Waals surface area contributed by atoms with Crippen molar-refractivity contribution in [2.24, 2.45) is 5.10 Å². The van der Waals surface area contributed by atoms with E-state index in [1.54, 1.807) is 6.07 Å². The molecule has 1 N–H and O–H groups in total. The van der Waals surface area contributed by atoms with Crippen LogP contribution in [0.1, 0.15) is 11.1 Å². The second kappa shape index (κ2) is 8.59. The summed E-state index contributed by atoms with van der Waals surface area (Å²) in [6.07, 6.45) is 1.23. The molecule has 0 aliphatic carbocycles. The molecule has 0 aromatic heterocycles. The van der Waals surface area contributed by atoms with Crippen molar-refractivity contribution in [1.82, 2.24) is 5.43 Å². The van der Waals surface area contributed by atoms with Crippen LogP contribution in [0.3, 0.4) is 0 Å². The molecule has 130 valence electrons. The van der Waals surface area contributed by atoms with E-state index in [1.165, 1.54) is 24.4 Å². The molecule has 0 saturated heterocycles. The van der Waals surface area contributed by atoms with Crippen molar-refractivity contribution in [3.8, 4) is 5.75 Å². The maximum atomic E-state index is 11.7. The highest BCUT2D eigenvalue weighted by Crippen LogP contribution is 2.22. The van der Waals surface area contributed by atoms with Gasteiger partial charge in [-0.25, -0.2) is 5.43 Å². The third-order valence-electron chi connectivity index (χ3n) is 3.08. The number of hydrogen-bond acceptors (Lipinski definition) is 5. The zero-order valence-electron chi connectivity index (χ0n) is 13.0. The predicted octanol–water partition coefficient (Wildman–Crippen LogP) is 3.85. The Labute approximate surface area is 156 Å². The molecule has 0 fully saturated rings. The van der Waals surface area contributed by atoms with Crippen LogP contribution in [0.15, 0.2) is 46.0 Å². The third kappa shape index (κ3) is 5.54. The zero-order valence-corrected chi connectivity index (χ0v) is 15.4. The number of nitrogens with one attached hydrogen (secondary N) is 1. The van der Waals surface area contributed by atoms with Crippen LogP contribution in [0.2, 0.25) is 5.02 Å². The Morgan fingerprint density at radius 2 is 2.16 bits per heavy atom. The van der Waals surface area contributed by atoms with E-state index in [9.17, 15) is 14.9 Å². The Hall–Kier alpha value is -2.45. The summed E-state index contributed by atoms with van der Waals surface area (Å²) < 4.78 is 6.33. The highest BCUT2D eigenvalue weighted by molar-refractivity contribution is 9.10. The summed E-state index contributed by atoms with van der Waals surface area (Å²) in [6, 6.07) is 9.37. The SMILES string of the molecule is Cc1cc(Br)ccc1OCC(=O)N/N=C/c1cc([N+](=O)[O-])ccc1Cl. The van der Waals surface area contributed by atoms with Gasteiger partial charge in [-0.1, -0.05) is 27.5 Å². The minimum atomic E-state index is -0.541. The van der Waals surface area contributed by atoms with E-state index in [-0.39, 0.29) is 17.3 Å². The summed E-state index contributed by atoms with van der Waals surface area (Å²) in [7, 11) is 0. The lowest BCUT2D eigenvalue weighted by Gasteiger charge is -2.08. The van der Waals surface area contributed by atoms with Gasteiger partial charge in [-0.2, -0.15) is 5.10 Å². The maximum Gasteiger partial charge on any atom is 0.277 e. The van der Waals surface area contributed by atoms with Crippen LogP contribution in [0.4, 0.5) is 5.69 Å². The molecular formula is C16H13BrClN3O4. The van der Waals surface area contributed by atoms with Crippen LogP contribution in [-0.4, -0.2) is 23.7 Å². The number of benzene rings is 2. The average molecular weight is 427 g/mol. The molecule has 0 bridgehead atoms. The Morgan fingerprint density at radius 1 is 1.40 bits per heavy atom. The first kappa shape index (κ1) is 18.9. The van der Waals surface area contributed by atoms with Crippen molar-refractivity contribution < 1.29 is 14.5 Å². The first-order chi connectivity index (χ1) is 11.9. The number of halogens is 2. The molecule has 25 heavy (non-hydrogen) atoms. The molecule has 1 amide bonds. The van der Waals surface area contributed by atoms with Gasteiger partial charge in [-0.3, -0.25) is 14.9 Å². The van der Waals surface area contributed by atoms with E-state index in [4.69, 9.17) is 16.3 Å². The number of carbonyl (C=O) groups is 1. The lowest BCUT2D eigenvalue weighted by molar-refractivity contribution is -0.384. The summed E-state index contributed by atoms with van der Waals surface area (Å²) in [5.41, 5.74) is 3.36. The van der Waals surface area contributed by atoms with Crippen LogP contribution < -0.4 is 10.2 Å². The molecule has 0 atom stereocenters. The number of rotatable bonds is 6. The number of amides is 1. The fourth-order valence-corrected chi connectivity index (χ4v) is 2.51. The number of hydrazone groups is 1. The largest absolute Gasteiger partial charge is 0.483 e. The first-order valence-corrected chi connectivity index (χ1v) is 8.18. The standard InChI is InChI=1S/C16H13BrClN3O4/c1-10-6-12(17)2-5-15(10)25-9-16(22)20-19-8-11-7-13(21(23)24)3-4-14(11)18/h2-8H,9H2,1H3,(H,20,22)/b19-8+. The van der Waals surface area contributed by atoms with Gasteiger partial charge in [0.15, 0.2) is 6.61 Å². The molecule has 2 aromatic carbocycles. The fourth-order valence-electron chi connectivity index (χ4n) is 1.87.